The van der Waals surface area contributed by atoms with Gasteiger partial charge in [-0.25, -0.2) is 4.98 Å². The summed E-state index contributed by atoms with van der Waals surface area (Å²) >= 11 is 10.8. The van der Waals surface area contributed by atoms with Crippen LogP contribution in [0.2, 0.25) is 5.15 Å². The van der Waals surface area contributed by atoms with Gasteiger partial charge in [0.2, 0.25) is 0 Å². The molecule has 7 heteroatoms. The molecule has 0 saturated carbocycles. The summed E-state index contributed by atoms with van der Waals surface area (Å²) in [5, 5.41) is 12.7. The zero-order chi connectivity index (χ0) is 12.8. The fraction of sp³-hybridized carbons (Fsp3) is 0.300. The first-order valence-electron chi connectivity index (χ1n) is 4.95. The Hall–Kier alpha value is -1.58. The summed E-state index contributed by atoms with van der Waals surface area (Å²) in [5.41, 5.74) is 6.67. The lowest BCUT2D eigenvalue weighted by Gasteiger charge is -2.12. The Morgan fingerprint density at radius 3 is 2.94 bits per heavy atom. The van der Waals surface area contributed by atoms with Crippen molar-refractivity contribution in [3.8, 4) is 6.07 Å². The molecule has 1 aromatic heterocycles. The highest BCUT2D eigenvalue weighted by Gasteiger charge is 2.08. The second-order valence-electron chi connectivity index (χ2n) is 3.21. The van der Waals surface area contributed by atoms with Crippen LogP contribution < -0.4 is 16.2 Å². The number of aromatic nitrogens is 1. The molecule has 0 unspecified atom stereocenters. The highest BCUT2D eigenvalue weighted by atomic mass is 35.5. The third kappa shape index (κ3) is 3.73. The van der Waals surface area contributed by atoms with Crippen molar-refractivity contribution in [2.75, 3.05) is 12.0 Å². The molecule has 0 amide bonds. The predicted octanol–water partition coefficient (Wildman–Crippen LogP) is 1.73. The summed E-state index contributed by atoms with van der Waals surface area (Å²) < 4.78 is 0. The van der Waals surface area contributed by atoms with E-state index in [1.807, 2.05) is 6.92 Å². The van der Waals surface area contributed by atoms with E-state index in [1.165, 1.54) is 0 Å². The maximum atomic E-state index is 9.01. The molecule has 0 aliphatic carbocycles. The fourth-order valence-electron chi connectivity index (χ4n) is 1.18. The van der Waals surface area contributed by atoms with Crippen LogP contribution in [0.15, 0.2) is 6.07 Å². The van der Waals surface area contributed by atoms with Crippen molar-refractivity contribution < 1.29 is 0 Å². The molecule has 90 valence electrons. The molecule has 0 aromatic carbocycles. The Labute approximate surface area is 110 Å². The molecule has 1 aromatic rings. The molecular formula is C10H12ClN5S. The number of nitrogens with zero attached hydrogens (tertiary/aromatic N) is 2. The maximum Gasteiger partial charge on any atom is 0.185 e. The molecule has 0 fully saturated rings. The molecule has 3 N–H and O–H groups in total. The van der Waals surface area contributed by atoms with Crippen molar-refractivity contribution in [2.24, 2.45) is 0 Å². The van der Waals surface area contributed by atoms with Crippen molar-refractivity contribution in [1.29, 1.82) is 5.26 Å². The van der Waals surface area contributed by atoms with Gasteiger partial charge in [0.05, 0.1) is 5.56 Å². The summed E-state index contributed by atoms with van der Waals surface area (Å²) in [7, 11) is 0. The summed E-state index contributed by atoms with van der Waals surface area (Å²) in [6, 6.07) is 3.69. The first-order chi connectivity index (χ1) is 8.08. The number of hydrogen-bond donors (Lipinski definition) is 3. The molecule has 0 aliphatic heterocycles. The van der Waals surface area contributed by atoms with Gasteiger partial charge < -0.3 is 5.32 Å². The van der Waals surface area contributed by atoms with Gasteiger partial charge in [-0.2, -0.15) is 5.26 Å². The summed E-state index contributed by atoms with van der Waals surface area (Å²) in [5.74, 6) is 0.359. The van der Waals surface area contributed by atoms with E-state index >= 15 is 0 Å². The van der Waals surface area contributed by atoms with E-state index in [0.29, 0.717) is 28.2 Å². The number of nitrogens with one attached hydrogen (secondary N) is 3. The van der Waals surface area contributed by atoms with Gasteiger partial charge in [0, 0.05) is 6.54 Å². The molecule has 1 heterocycles. The summed E-state index contributed by atoms with van der Waals surface area (Å²) in [4.78, 5) is 4.02. The van der Waals surface area contributed by atoms with Crippen molar-refractivity contribution >= 4 is 34.7 Å². The van der Waals surface area contributed by atoms with Crippen molar-refractivity contribution in [3.63, 3.8) is 0 Å². The van der Waals surface area contributed by atoms with Crippen LogP contribution in [0.1, 0.15) is 18.1 Å². The largest absolute Gasteiger partial charge is 0.362 e. The Kier molecular flexibility index (Phi) is 4.94. The third-order valence-corrected chi connectivity index (χ3v) is 2.37. The highest BCUT2D eigenvalue weighted by Crippen LogP contribution is 2.19. The lowest BCUT2D eigenvalue weighted by atomic mass is 10.1. The van der Waals surface area contributed by atoms with Crippen LogP contribution in [0.3, 0.4) is 0 Å². The van der Waals surface area contributed by atoms with Crippen molar-refractivity contribution in [2.45, 2.75) is 13.8 Å². The van der Waals surface area contributed by atoms with Gasteiger partial charge >= 0.3 is 0 Å². The third-order valence-electron chi connectivity index (χ3n) is 1.93. The van der Waals surface area contributed by atoms with Gasteiger partial charge in [-0.1, -0.05) is 11.6 Å². The summed E-state index contributed by atoms with van der Waals surface area (Å²) in [6.45, 7) is 4.43. The minimum Gasteiger partial charge on any atom is -0.362 e. The number of hydrogen-bond acceptors (Lipinski definition) is 4. The Bertz CT molecular complexity index is 468. The molecule has 17 heavy (non-hydrogen) atoms. The molecule has 0 radical (unpaired) electrons. The number of anilines is 1. The highest BCUT2D eigenvalue weighted by molar-refractivity contribution is 7.80. The lowest BCUT2D eigenvalue weighted by Crippen LogP contribution is -2.39. The van der Waals surface area contributed by atoms with Crippen LogP contribution in [0.5, 0.6) is 0 Å². The Morgan fingerprint density at radius 1 is 1.65 bits per heavy atom. The van der Waals surface area contributed by atoms with Gasteiger partial charge in [0.25, 0.3) is 0 Å². The van der Waals surface area contributed by atoms with E-state index in [9.17, 15) is 0 Å². The monoisotopic (exact) mass is 269 g/mol. The van der Waals surface area contributed by atoms with Crippen LogP contribution in [-0.4, -0.2) is 16.6 Å². The number of aryl methyl sites for hydroxylation is 1. The minimum absolute atomic E-state index is 0.320. The van der Waals surface area contributed by atoms with E-state index in [-0.39, 0.29) is 0 Å². The van der Waals surface area contributed by atoms with Crippen LogP contribution in [0.25, 0.3) is 0 Å². The molecule has 5 nitrogen and oxygen atoms in total. The Morgan fingerprint density at radius 2 is 2.35 bits per heavy atom. The first kappa shape index (κ1) is 13.5. The van der Waals surface area contributed by atoms with Gasteiger partial charge in [-0.3, -0.25) is 10.9 Å². The zero-order valence-electron chi connectivity index (χ0n) is 9.47. The molecule has 1 rings (SSSR count). The second kappa shape index (κ2) is 6.23. The number of hydrazine groups is 1. The smallest absolute Gasteiger partial charge is 0.185 e. The number of halogens is 1. The predicted molar refractivity (Wildman–Crippen MR) is 71.7 cm³/mol. The maximum absolute atomic E-state index is 9.01. The normalized spacial score (nSPS) is 9.29. The van der Waals surface area contributed by atoms with E-state index in [2.05, 4.69) is 27.2 Å². The first-order valence-corrected chi connectivity index (χ1v) is 5.74. The van der Waals surface area contributed by atoms with E-state index in [4.69, 9.17) is 29.1 Å². The average Bonchev–Trinajstić information content (AvgIpc) is 2.26. The van der Waals surface area contributed by atoms with Crippen LogP contribution in [0.4, 0.5) is 5.82 Å². The average molecular weight is 270 g/mol. The number of nitriles is 1. The van der Waals surface area contributed by atoms with Crippen LogP contribution in [0, 0.1) is 18.3 Å². The summed E-state index contributed by atoms with van der Waals surface area (Å²) in [6.07, 6.45) is 0. The molecule has 0 atom stereocenters. The van der Waals surface area contributed by atoms with Crippen molar-refractivity contribution in [3.05, 3.63) is 22.3 Å². The van der Waals surface area contributed by atoms with Crippen molar-refractivity contribution in [1.82, 2.24) is 15.7 Å². The lowest BCUT2D eigenvalue weighted by molar-refractivity contribution is 0.923. The fourth-order valence-corrected chi connectivity index (χ4v) is 1.63. The minimum atomic E-state index is 0.320. The molecule has 0 aliphatic rings. The van der Waals surface area contributed by atoms with Gasteiger partial charge in [0.15, 0.2) is 10.9 Å². The van der Waals surface area contributed by atoms with E-state index < -0.39 is 0 Å². The van der Waals surface area contributed by atoms with Gasteiger partial charge in [0.1, 0.15) is 11.2 Å². The molecular weight excluding hydrogens is 258 g/mol. The topological polar surface area (TPSA) is 72.8 Å². The number of thiocarbonyl (C=S) groups is 1. The number of rotatable bonds is 3. The quantitative estimate of drug-likeness (QED) is 0.441. The van der Waals surface area contributed by atoms with E-state index in [0.717, 1.165) is 5.56 Å². The molecule has 0 saturated heterocycles. The molecule has 0 bridgehead atoms. The van der Waals surface area contributed by atoms with Gasteiger partial charge in [-0.15, -0.1) is 0 Å². The van der Waals surface area contributed by atoms with Gasteiger partial charge in [-0.05, 0) is 37.7 Å². The SMILES string of the molecule is CCNC(=S)NNc1nc(Cl)cc(C)c1C#N. The zero-order valence-corrected chi connectivity index (χ0v) is 11.0. The standard InChI is InChI=1S/C10H12ClN5S/c1-3-13-10(17)16-15-9-7(5-12)6(2)4-8(11)14-9/h4H,3H2,1-2H3,(H,14,15)(H2,13,16,17). The number of pyridine rings is 1. The second-order valence-corrected chi connectivity index (χ2v) is 4.00. The van der Waals surface area contributed by atoms with E-state index in [1.54, 1.807) is 13.0 Å². The van der Waals surface area contributed by atoms with Crippen LogP contribution in [-0.2, 0) is 0 Å². The van der Waals surface area contributed by atoms with Crippen LogP contribution >= 0.6 is 23.8 Å². The Balaban J connectivity index is 2.84. The molecule has 0 spiro atoms.